The SMILES string of the molecule is Cc1sc2c(c1CC(=O)N=c1scc(-c3ccc(F)c(C(F)(F)F)c3F)n1COP(=O)(O)O)COCN2C. The Morgan fingerprint density at radius 1 is 1.29 bits per heavy atom. The van der Waals surface area contributed by atoms with E-state index in [-0.39, 0.29) is 23.5 Å². The van der Waals surface area contributed by atoms with E-state index in [0.29, 0.717) is 29.7 Å². The molecule has 0 spiro atoms. The number of carbonyl (C=O) groups is 1. The Hall–Kier alpha value is -2.46. The van der Waals surface area contributed by atoms with Gasteiger partial charge in [-0.1, -0.05) is 0 Å². The summed E-state index contributed by atoms with van der Waals surface area (Å²) in [5.74, 6) is -4.46. The molecular weight excluding hydrogens is 580 g/mol. The molecule has 1 aliphatic rings. The Kier molecular flexibility index (Phi) is 7.96. The van der Waals surface area contributed by atoms with Crippen molar-refractivity contribution in [2.24, 2.45) is 4.99 Å². The van der Waals surface area contributed by atoms with E-state index in [4.69, 9.17) is 14.5 Å². The van der Waals surface area contributed by atoms with Gasteiger partial charge in [-0.2, -0.15) is 18.2 Å². The number of nitrogens with zero attached hydrogens (tertiary/aromatic N) is 3. The van der Waals surface area contributed by atoms with Crippen molar-refractivity contribution in [3.05, 3.63) is 55.5 Å². The maximum absolute atomic E-state index is 14.9. The highest BCUT2D eigenvalue weighted by Gasteiger charge is 2.39. The normalized spacial score (nSPS) is 14.8. The molecule has 0 saturated heterocycles. The number of hydrogen-bond acceptors (Lipinski definition) is 7. The standard InChI is InChI=1S/C21H19F5N3O6PS2/c1-10-12(13-6-34-8-28(2)19(13)38-10)5-16(30)27-20-29(9-35-36(31,32)33)15(7-37-20)11-3-4-14(22)17(18(11)23)21(24,25)26/h3-4,7H,5-6,8-9H2,1-2H3,(H2,31,32,33). The lowest BCUT2D eigenvalue weighted by atomic mass is 10.1. The summed E-state index contributed by atoms with van der Waals surface area (Å²) < 4.78 is 90.5. The number of aromatic nitrogens is 1. The van der Waals surface area contributed by atoms with Crippen LogP contribution in [-0.2, 0) is 44.6 Å². The summed E-state index contributed by atoms with van der Waals surface area (Å²) in [5, 5.41) is 2.05. The van der Waals surface area contributed by atoms with E-state index in [0.717, 1.165) is 31.5 Å². The summed E-state index contributed by atoms with van der Waals surface area (Å²) in [7, 11) is -3.26. The van der Waals surface area contributed by atoms with E-state index < -0.39 is 49.4 Å². The molecule has 2 aromatic heterocycles. The van der Waals surface area contributed by atoms with Crippen molar-refractivity contribution in [3.63, 3.8) is 0 Å². The molecule has 3 aromatic rings. The van der Waals surface area contributed by atoms with E-state index in [1.165, 1.54) is 11.3 Å². The highest BCUT2D eigenvalue weighted by Crippen LogP contribution is 2.40. The molecule has 9 nitrogen and oxygen atoms in total. The minimum atomic E-state index is -5.36. The van der Waals surface area contributed by atoms with Crippen molar-refractivity contribution < 1.29 is 50.4 Å². The number of thiazole rings is 1. The van der Waals surface area contributed by atoms with Gasteiger partial charge in [-0.3, -0.25) is 13.9 Å². The molecule has 0 atom stereocenters. The monoisotopic (exact) mass is 599 g/mol. The minimum absolute atomic E-state index is 0.162. The Morgan fingerprint density at radius 2 is 2.00 bits per heavy atom. The second-order valence-corrected chi connectivity index (χ2v) is 11.4. The van der Waals surface area contributed by atoms with Gasteiger partial charge in [0.2, 0.25) is 0 Å². The molecular formula is C21H19F5N3O6PS2. The van der Waals surface area contributed by atoms with Gasteiger partial charge in [0, 0.05) is 28.4 Å². The second-order valence-electron chi connectivity index (χ2n) is 8.14. The van der Waals surface area contributed by atoms with Crippen LogP contribution < -0.4 is 9.70 Å². The van der Waals surface area contributed by atoms with Gasteiger partial charge in [0.15, 0.2) is 4.80 Å². The van der Waals surface area contributed by atoms with Gasteiger partial charge in [-0.15, -0.1) is 22.7 Å². The van der Waals surface area contributed by atoms with Crippen molar-refractivity contribution in [3.8, 4) is 11.3 Å². The van der Waals surface area contributed by atoms with Crippen LogP contribution in [0.2, 0.25) is 0 Å². The third kappa shape index (κ3) is 5.91. The first-order valence-electron chi connectivity index (χ1n) is 10.6. The Bertz CT molecular complexity index is 1510. The van der Waals surface area contributed by atoms with E-state index in [9.17, 15) is 31.3 Å². The van der Waals surface area contributed by atoms with Gasteiger partial charge in [0.1, 0.15) is 30.7 Å². The molecule has 4 rings (SSSR count). The average molecular weight is 599 g/mol. The zero-order valence-corrected chi connectivity index (χ0v) is 22.1. The van der Waals surface area contributed by atoms with Crippen LogP contribution in [0.3, 0.4) is 0 Å². The first-order chi connectivity index (χ1) is 17.7. The number of fused-ring (bicyclic) bond motifs is 1. The van der Waals surface area contributed by atoms with Gasteiger partial charge in [-0.25, -0.2) is 13.3 Å². The molecule has 206 valence electrons. The number of rotatable bonds is 6. The van der Waals surface area contributed by atoms with Crippen LogP contribution in [0.4, 0.5) is 27.0 Å². The van der Waals surface area contributed by atoms with Crippen LogP contribution in [-0.4, -0.2) is 34.0 Å². The minimum Gasteiger partial charge on any atom is -0.356 e. The quantitative estimate of drug-likeness (QED) is 0.316. The molecule has 0 aliphatic carbocycles. The summed E-state index contributed by atoms with van der Waals surface area (Å²) in [5.41, 5.74) is -1.72. The van der Waals surface area contributed by atoms with Crippen molar-refractivity contribution in [1.29, 1.82) is 0 Å². The molecule has 0 bridgehead atoms. The first kappa shape index (κ1) is 28.5. The fourth-order valence-electron chi connectivity index (χ4n) is 3.84. The molecule has 0 radical (unpaired) electrons. The fraction of sp³-hybridized carbons (Fsp3) is 0.333. The topological polar surface area (TPSA) is 114 Å². The zero-order chi connectivity index (χ0) is 28.0. The smallest absolute Gasteiger partial charge is 0.356 e. The summed E-state index contributed by atoms with van der Waals surface area (Å²) >= 11 is 2.17. The number of halogens is 5. The Labute approximate surface area is 219 Å². The van der Waals surface area contributed by atoms with Crippen LogP contribution in [0.25, 0.3) is 11.3 Å². The molecule has 1 aliphatic heterocycles. The molecule has 17 heteroatoms. The maximum Gasteiger partial charge on any atom is 0.471 e. The van der Waals surface area contributed by atoms with Gasteiger partial charge < -0.3 is 19.4 Å². The zero-order valence-electron chi connectivity index (χ0n) is 19.6. The molecule has 38 heavy (non-hydrogen) atoms. The third-order valence-corrected chi connectivity index (χ3v) is 8.15. The van der Waals surface area contributed by atoms with E-state index in [1.807, 2.05) is 18.9 Å². The largest absolute Gasteiger partial charge is 0.471 e. The highest BCUT2D eigenvalue weighted by molar-refractivity contribution is 7.46. The molecule has 1 amide bonds. The Balaban J connectivity index is 1.77. The number of alkyl halides is 3. The number of amides is 1. The number of phosphoric ester groups is 1. The van der Waals surface area contributed by atoms with Gasteiger partial charge in [0.05, 0.1) is 23.7 Å². The number of benzene rings is 1. The number of aryl methyl sites for hydroxylation is 1. The van der Waals surface area contributed by atoms with Gasteiger partial charge >= 0.3 is 14.0 Å². The fourth-order valence-corrected chi connectivity index (χ4v) is 6.13. The first-order valence-corrected chi connectivity index (χ1v) is 13.8. The number of anilines is 1. The highest BCUT2D eigenvalue weighted by atomic mass is 32.1. The summed E-state index contributed by atoms with van der Waals surface area (Å²) in [6.07, 6.45) is -5.52. The lowest BCUT2D eigenvalue weighted by Crippen LogP contribution is -2.25. The van der Waals surface area contributed by atoms with Crippen LogP contribution in [0, 0.1) is 18.6 Å². The number of ether oxygens (including phenoxy) is 1. The maximum atomic E-state index is 14.9. The second kappa shape index (κ2) is 10.6. The lowest BCUT2D eigenvalue weighted by molar-refractivity contribution is -0.142. The summed E-state index contributed by atoms with van der Waals surface area (Å²) in [4.78, 5) is 37.6. The summed E-state index contributed by atoms with van der Waals surface area (Å²) in [6.45, 7) is 1.51. The van der Waals surface area contributed by atoms with Crippen LogP contribution in [0.1, 0.15) is 21.6 Å². The third-order valence-electron chi connectivity index (χ3n) is 5.53. The molecule has 0 saturated carbocycles. The van der Waals surface area contributed by atoms with Crippen molar-refractivity contribution in [2.75, 3.05) is 18.7 Å². The number of thiophene rings is 1. The van der Waals surface area contributed by atoms with Gasteiger partial charge in [-0.05, 0) is 24.6 Å². The lowest BCUT2D eigenvalue weighted by Gasteiger charge is -2.24. The van der Waals surface area contributed by atoms with Crippen LogP contribution in [0.15, 0.2) is 22.5 Å². The number of carbonyl (C=O) groups excluding carboxylic acids is 1. The molecule has 1 aromatic carbocycles. The van der Waals surface area contributed by atoms with Crippen LogP contribution >= 0.6 is 30.5 Å². The van der Waals surface area contributed by atoms with E-state index >= 15 is 0 Å². The molecule has 3 heterocycles. The van der Waals surface area contributed by atoms with Gasteiger partial charge in [0.25, 0.3) is 5.91 Å². The Morgan fingerprint density at radius 3 is 2.66 bits per heavy atom. The van der Waals surface area contributed by atoms with Crippen molar-refractivity contribution in [2.45, 2.75) is 32.9 Å². The van der Waals surface area contributed by atoms with Crippen molar-refractivity contribution in [1.82, 2.24) is 4.57 Å². The van der Waals surface area contributed by atoms with Crippen molar-refractivity contribution >= 4 is 41.4 Å². The predicted molar refractivity (Wildman–Crippen MR) is 127 cm³/mol. The molecule has 2 N–H and O–H groups in total. The van der Waals surface area contributed by atoms with E-state index in [2.05, 4.69) is 9.52 Å². The summed E-state index contributed by atoms with van der Waals surface area (Å²) in [6, 6.07) is 1.15. The average Bonchev–Trinajstić information content (AvgIpc) is 3.32. The van der Waals surface area contributed by atoms with E-state index in [1.54, 1.807) is 0 Å². The number of phosphoric acid groups is 1. The predicted octanol–water partition coefficient (Wildman–Crippen LogP) is 4.54. The molecule has 0 fully saturated rings. The molecule has 0 unspecified atom stereocenters. The van der Waals surface area contributed by atoms with Crippen LogP contribution in [0.5, 0.6) is 0 Å². The number of hydrogen-bond donors (Lipinski definition) is 2.